The number of carbonyl (C=O) groups is 1. The molecule has 1 aliphatic rings. The van der Waals surface area contributed by atoms with Gasteiger partial charge >= 0.3 is 12.3 Å². The SMILES string of the molecule is CC/C=C/C=C(\C=C(/C)CCC)C(F)(F)F.C\C=C(C(/C(C)=N/C=C/CC)=C(/C)N1CCN(C(=O)OC(C)(C)C)C(C)C1)\c1ccccc1F. The van der Waals surface area contributed by atoms with Crippen molar-refractivity contribution in [1.29, 1.82) is 0 Å². The van der Waals surface area contributed by atoms with Crippen molar-refractivity contribution in [2.75, 3.05) is 19.6 Å². The highest BCUT2D eigenvalue weighted by Crippen LogP contribution is 2.32. The van der Waals surface area contributed by atoms with E-state index in [4.69, 9.17) is 4.74 Å². The number of aliphatic imine (C=N–C) groups is 1. The second-order valence-electron chi connectivity index (χ2n) is 13.3. The van der Waals surface area contributed by atoms with Crippen LogP contribution in [0, 0.1) is 5.82 Å². The average Bonchev–Trinajstić information content (AvgIpc) is 3.02. The quantitative estimate of drug-likeness (QED) is 0.131. The summed E-state index contributed by atoms with van der Waals surface area (Å²) < 4.78 is 58.2. The summed E-state index contributed by atoms with van der Waals surface area (Å²) in [5.74, 6) is -0.263. The molecule has 1 aromatic carbocycles. The van der Waals surface area contributed by atoms with Crippen LogP contribution < -0.4 is 0 Å². The van der Waals surface area contributed by atoms with Gasteiger partial charge in [-0.25, -0.2) is 9.18 Å². The first-order valence-corrected chi connectivity index (χ1v) is 17.6. The molecule has 0 aliphatic carbocycles. The Kier molecular flexibility index (Phi) is 18.9. The van der Waals surface area contributed by atoms with Crippen molar-refractivity contribution in [2.45, 2.75) is 120 Å². The van der Waals surface area contributed by atoms with Gasteiger partial charge in [-0.1, -0.05) is 87.4 Å². The second kappa shape index (κ2) is 21.4. The number of rotatable bonds is 11. The van der Waals surface area contributed by atoms with E-state index in [0.29, 0.717) is 31.6 Å². The molecule has 0 saturated carbocycles. The summed E-state index contributed by atoms with van der Waals surface area (Å²) in [6.45, 7) is 23.1. The molecule has 9 heteroatoms. The Labute approximate surface area is 298 Å². The first kappa shape index (κ1) is 44.1. The maximum Gasteiger partial charge on any atom is 0.416 e. The molecule has 1 aliphatic heterocycles. The maximum atomic E-state index is 14.8. The topological polar surface area (TPSA) is 45.1 Å². The molecule has 1 atom stereocenters. The number of amides is 1. The minimum Gasteiger partial charge on any atom is -0.444 e. The van der Waals surface area contributed by atoms with Crippen molar-refractivity contribution in [3.8, 4) is 0 Å². The molecule has 0 aromatic heterocycles. The highest BCUT2D eigenvalue weighted by Gasteiger charge is 2.33. The van der Waals surface area contributed by atoms with Gasteiger partial charge in [0.05, 0.1) is 5.57 Å². The lowest BCUT2D eigenvalue weighted by molar-refractivity contribution is -0.0882. The van der Waals surface area contributed by atoms with E-state index in [-0.39, 0.29) is 18.0 Å². The van der Waals surface area contributed by atoms with Gasteiger partial charge in [-0.15, -0.1) is 0 Å². The summed E-state index contributed by atoms with van der Waals surface area (Å²) in [7, 11) is 0. The van der Waals surface area contributed by atoms with Crippen LogP contribution in [0.5, 0.6) is 0 Å². The van der Waals surface area contributed by atoms with E-state index in [0.717, 1.165) is 53.5 Å². The van der Waals surface area contributed by atoms with Crippen LogP contribution in [0.3, 0.4) is 0 Å². The van der Waals surface area contributed by atoms with Crippen LogP contribution in [-0.2, 0) is 4.74 Å². The molecular formula is C41H59F4N3O2. The minimum atomic E-state index is -4.27. The predicted molar refractivity (Wildman–Crippen MR) is 201 cm³/mol. The molecule has 2 rings (SSSR count). The van der Waals surface area contributed by atoms with Crippen LogP contribution in [0.25, 0.3) is 5.57 Å². The van der Waals surface area contributed by atoms with Crippen molar-refractivity contribution in [1.82, 2.24) is 9.80 Å². The zero-order valence-electron chi connectivity index (χ0n) is 32.0. The van der Waals surface area contributed by atoms with Crippen molar-refractivity contribution in [3.05, 3.63) is 101 Å². The Balaban J connectivity index is 0.000000657. The van der Waals surface area contributed by atoms with Gasteiger partial charge in [0.15, 0.2) is 0 Å². The number of carbonyl (C=O) groups excluding carboxylic acids is 1. The molecule has 1 amide bonds. The zero-order valence-corrected chi connectivity index (χ0v) is 32.0. The van der Waals surface area contributed by atoms with Crippen LogP contribution in [0.1, 0.15) is 107 Å². The molecule has 1 unspecified atom stereocenters. The second-order valence-corrected chi connectivity index (χ2v) is 13.3. The molecule has 0 bridgehead atoms. The van der Waals surface area contributed by atoms with E-state index in [1.54, 1.807) is 36.2 Å². The molecule has 5 nitrogen and oxygen atoms in total. The molecule has 0 spiro atoms. The summed E-state index contributed by atoms with van der Waals surface area (Å²) in [6, 6.07) is 6.80. The van der Waals surface area contributed by atoms with Crippen molar-refractivity contribution in [3.63, 3.8) is 0 Å². The number of allylic oxidation sites excluding steroid dienone is 11. The third-order valence-corrected chi connectivity index (χ3v) is 7.81. The summed E-state index contributed by atoms with van der Waals surface area (Å²) in [6.07, 6.45) is 9.89. The van der Waals surface area contributed by atoms with E-state index in [1.807, 2.05) is 73.6 Å². The normalized spacial score (nSPS) is 17.6. The molecule has 50 heavy (non-hydrogen) atoms. The fourth-order valence-electron chi connectivity index (χ4n) is 5.38. The first-order chi connectivity index (χ1) is 23.4. The first-order valence-electron chi connectivity index (χ1n) is 17.6. The number of nitrogens with zero attached hydrogens (tertiary/aromatic N) is 3. The van der Waals surface area contributed by atoms with Crippen LogP contribution in [0.4, 0.5) is 22.4 Å². The zero-order chi connectivity index (χ0) is 38.1. The number of hydrogen-bond donors (Lipinski definition) is 0. The fourth-order valence-corrected chi connectivity index (χ4v) is 5.38. The highest BCUT2D eigenvalue weighted by molar-refractivity contribution is 6.12. The number of halogens is 4. The number of ether oxygens (including phenoxy) is 1. The van der Waals surface area contributed by atoms with E-state index in [9.17, 15) is 22.4 Å². The molecule has 0 N–H and O–H groups in total. The number of hydrogen-bond acceptors (Lipinski definition) is 4. The Bertz CT molecular complexity index is 1460. The fraction of sp³-hybridized carbons (Fsp3) is 0.512. The summed E-state index contributed by atoms with van der Waals surface area (Å²) in [4.78, 5) is 21.4. The van der Waals surface area contributed by atoms with Crippen molar-refractivity contribution in [2.24, 2.45) is 4.99 Å². The standard InChI is InChI=1S/C28H40FN3O2.C13H19F3/c1-9-11-16-30-21(4)26(23(10-2)24-14-12-13-15-25(24)29)22(5)31-17-18-32(20(3)19-31)27(33)34-28(6,7)8;1-4-6-7-9-12(13(14,15)16)10-11(3)8-5-2/h10-16,20H,9,17-19H2,1-8H3;6-7,9-10H,4-5,8H2,1-3H3/b16-11+,23-10-,26-22-,30-21+;7-6+,11-10+,12-9+. The third kappa shape index (κ3) is 14.9. The van der Waals surface area contributed by atoms with Crippen LogP contribution in [0.2, 0.25) is 0 Å². The van der Waals surface area contributed by atoms with E-state index < -0.39 is 17.4 Å². The molecular weight excluding hydrogens is 642 g/mol. The van der Waals surface area contributed by atoms with E-state index in [1.165, 1.54) is 18.2 Å². The average molecular weight is 702 g/mol. The monoisotopic (exact) mass is 701 g/mol. The minimum absolute atomic E-state index is 0.0282. The summed E-state index contributed by atoms with van der Waals surface area (Å²) >= 11 is 0. The lowest BCUT2D eigenvalue weighted by Gasteiger charge is -2.42. The largest absolute Gasteiger partial charge is 0.444 e. The highest BCUT2D eigenvalue weighted by atomic mass is 19.4. The van der Waals surface area contributed by atoms with Crippen LogP contribution in [0.15, 0.2) is 94.3 Å². The Hall–Kier alpha value is -3.88. The van der Waals surface area contributed by atoms with Crippen molar-refractivity contribution >= 4 is 17.4 Å². The molecule has 278 valence electrons. The smallest absolute Gasteiger partial charge is 0.416 e. The Morgan fingerprint density at radius 3 is 2.18 bits per heavy atom. The van der Waals surface area contributed by atoms with Gasteiger partial charge in [-0.3, -0.25) is 4.99 Å². The Morgan fingerprint density at radius 2 is 1.66 bits per heavy atom. The van der Waals surface area contributed by atoms with E-state index >= 15 is 0 Å². The predicted octanol–water partition coefficient (Wildman–Crippen LogP) is 12.0. The Morgan fingerprint density at radius 1 is 1.02 bits per heavy atom. The molecule has 0 radical (unpaired) electrons. The molecule has 1 fully saturated rings. The lowest BCUT2D eigenvalue weighted by atomic mass is 9.92. The van der Waals surface area contributed by atoms with E-state index in [2.05, 4.69) is 23.7 Å². The van der Waals surface area contributed by atoms with Gasteiger partial charge in [0.1, 0.15) is 11.4 Å². The summed E-state index contributed by atoms with van der Waals surface area (Å²) in [5, 5.41) is 0. The third-order valence-electron chi connectivity index (χ3n) is 7.81. The van der Waals surface area contributed by atoms with Crippen LogP contribution >= 0.6 is 0 Å². The summed E-state index contributed by atoms with van der Waals surface area (Å²) in [5.41, 5.74) is 3.75. The maximum absolute atomic E-state index is 14.8. The number of alkyl halides is 3. The molecule has 1 aromatic rings. The van der Waals surface area contributed by atoms with Gasteiger partial charge in [0, 0.05) is 54.4 Å². The van der Waals surface area contributed by atoms with Gasteiger partial charge in [0.25, 0.3) is 0 Å². The molecule has 1 heterocycles. The van der Waals surface area contributed by atoms with Crippen LogP contribution in [-0.4, -0.2) is 59.1 Å². The number of piperazine rings is 1. The van der Waals surface area contributed by atoms with Gasteiger partial charge in [-0.2, -0.15) is 13.2 Å². The molecule has 1 saturated heterocycles. The van der Waals surface area contributed by atoms with Crippen molar-refractivity contribution < 1.29 is 27.1 Å². The lowest BCUT2D eigenvalue weighted by Crippen LogP contribution is -2.54. The van der Waals surface area contributed by atoms with Gasteiger partial charge < -0.3 is 14.5 Å². The number of benzene rings is 1. The van der Waals surface area contributed by atoms with Gasteiger partial charge in [-0.05, 0) is 86.3 Å². The van der Waals surface area contributed by atoms with Gasteiger partial charge in [0.2, 0.25) is 0 Å².